The molecule has 1 aromatic carbocycles. The van der Waals surface area contributed by atoms with E-state index in [0.717, 1.165) is 11.1 Å². The quantitative estimate of drug-likeness (QED) is 0.759. The van der Waals surface area contributed by atoms with Crippen molar-refractivity contribution in [2.75, 3.05) is 6.54 Å². The molecule has 0 aliphatic heterocycles. The molecule has 1 unspecified atom stereocenters. The molecule has 5 nitrogen and oxygen atoms in total. The first-order chi connectivity index (χ1) is 10.7. The highest BCUT2D eigenvalue weighted by molar-refractivity contribution is 7.07. The number of aliphatic hydroxyl groups is 1. The van der Waals surface area contributed by atoms with E-state index in [4.69, 9.17) is 4.42 Å². The normalized spacial score (nSPS) is 12.0. The van der Waals surface area contributed by atoms with Crippen LogP contribution in [0.1, 0.15) is 22.2 Å². The molecule has 2 N–H and O–H groups in total. The maximum absolute atomic E-state index is 12.0. The Morgan fingerprint density at radius 3 is 2.86 bits per heavy atom. The summed E-state index contributed by atoms with van der Waals surface area (Å²) in [7, 11) is 0. The minimum Gasteiger partial charge on any atom is -0.444 e. The zero-order chi connectivity index (χ0) is 15.4. The second-order valence-corrected chi connectivity index (χ2v) is 5.47. The number of hydrogen-bond acceptors (Lipinski definition) is 5. The molecular weight excluding hydrogens is 300 g/mol. The van der Waals surface area contributed by atoms with Crippen molar-refractivity contribution in [3.63, 3.8) is 0 Å². The Kier molecular flexibility index (Phi) is 4.32. The molecule has 1 amide bonds. The molecule has 112 valence electrons. The van der Waals surface area contributed by atoms with Gasteiger partial charge in [-0.3, -0.25) is 4.79 Å². The topological polar surface area (TPSA) is 75.4 Å². The van der Waals surface area contributed by atoms with Gasteiger partial charge < -0.3 is 14.8 Å². The summed E-state index contributed by atoms with van der Waals surface area (Å²) < 4.78 is 5.32. The van der Waals surface area contributed by atoms with E-state index in [0.29, 0.717) is 5.89 Å². The predicted octanol–water partition coefficient (Wildman–Crippen LogP) is 2.87. The van der Waals surface area contributed by atoms with Crippen molar-refractivity contribution in [3.8, 4) is 11.5 Å². The Labute approximate surface area is 131 Å². The Hall–Kier alpha value is -2.44. The number of nitrogens with one attached hydrogen (secondary N) is 1. The van der Waals surface area contributed by atoms with Gasteiger partial charge in [-0.2, -0.15) is 11.3 Å². The molecule has 3 rings (SSSR count). The minimum atomic E-state index is -0.726. The first-order valence-electron chi connectivity index (χ1n) is 6.73. The van der Waals surface area contributed by atoms with E-state index < -0.39 is 6.10 Å². The van der Waals surface area contributed by atoms with Gasteiger partial charge >= 0.3 is 0 Å². The summed E-state index contributed by atoms with van der Waals surface area (Å²) in [5.74, 6) is 0.0179. The molecule has 0 spiro atoms. The molecule has 3 aromatic rings. The van der Waals surface area contributed by atoms with Gasteiger partial charge in [0.2, 0.25) is 5.89 Å². The van der Waals surface area contributed by atoms with Crippen LogP contribution in [-0.2, 0) is 0 Å². The standard InChI is InChI=1S/C16H14N2O3S/c19-14(12-6-7-22-10-12)8-17-15(20)13-9-21-16(18-13)11-4-2-1-3-5-11/h1-7,9-10,14,19H,8H2,(H,17,20). The number of aromatic nitrogens is 1. The number of rotatable bonds is 5. The predicted molar refractivity (Wildman–Crippen MR) is 83.6 cm³/mol. The maximum Gasteiger partial charge on any atom is 0.273 e. The highest BCUT2D eigenvalue weighted by atomic mass is 32.1. The van der Waals surface area contributed by atoms with Gasteiger partial charge in [0.25, 0.3) is 5.91 Å². The fourth-order valence-corrected chi connectivity index (χ4v) is 2.66. The van der Waals surface area contributed by atoms with Crippen LogP contribution in [0.2, 0.25) is 0 Å². The van der Waals surface area contributed by atoms with Crippen molar-refractivity contribution in [1.29, 1.82) is 0 Å². The Morgan fingerprint density at radius 1 is 1.32 bits per heavy atom. The number of oxazole rings is 1. The van der Waals surface area contributed by atoms with Crippen LogP contribution in [0.3, 0.4) is 0 Å². The third-order valence-electron chi connectivity index (χ3n) is 3.14. The average Bonchev–Trinajstić information content (AvgIpc) is 3.24. The number of hydrogen-bond donors (Lipinski definition) is 2. The van der Waals surface area contributed by atoms with E-state index in [-0.39, 0.29) is 18.1 Å². The lowest BCUT2D eigenvalue weighted by Crippen LogP contribution is -2.28. The van der Waals surface area contributed by atoms with Gasteiger partial charge in [0.05, 0.1) is 6.10 Å². The van der Waals surface area contributed by atoms with E-state index in [9.17, 15) is 9.90 Å². The highest BCUT2D eigenvalue weighted by Crippen LogP contribution is 2.18. The van der Waals surface area contributed by atoms with E-state index >= 15 is 0 Å². The number of thiophene rings is 1. The third-order valence-corrected chi connectivity index (χ3v) is 3.84. The van der Waals surface area contributed by atoms with E-state index in [1.807, 2.05) is 47.2 Å². The fraction of sp³-hybridized carbons (Fsp3) is 0.125. The van der Waals surface area contributed by atoms with E-state index in [1.54, 1.807) is 0 Å². The summed E-state index contributed by atoms with van der Waals surface area (Å²) in [4.78, 5) is 16.2. The van der Waals surface area contributed by atoms with Gasteiger partial charge in [-0.05, 0) is 34.5 Å². The molecule has 0 fully saturated rings. The van der Waals surface area contributed by atoms with Crippen LogP contribution in [-0.4, -0.2) is 22.5 Å². The first kappa shape index (κ1) is 14.5. The summed E-state index contributed by atoms with van der Waals surface area (Å²) >= 11 is 1.50. The molecule has 0 saturated heterocycles. The summed E-state index contributed by atoms with van der Waals surface area (Å²) in [5.41, 5.74) is 1.78. The molecule has 0 bridgehead atoms. The monoisotopic (exact) mass is 314 g/mol. The number of benzene rings is 1. The molecule has 1 atom stereocenters. The smallest absolute Gasteiger partial charge is 0.273 e. The first-order valence-corrected chi connectivity index (χ1v) is 7.67. The number of aliphatic hydroxyl groups excluding tert-OH is 1. The third kappa shape index (κ3) is 3.24. The largest absolute Gasteiger partial charge is 0.444 e. The molecule has 6 heteroatoms. The molecule has 0 saturated carbocycles. The van der Waals surface area contributed by atoms with Gasteiger partial charge in [-0.15, -0.1) is 0 Å². The van der Waals surface area contributed by atoms with Crippen molar-refractivity contribution in [1.82, 2.24) is 10.3 Å². The molecule has 0 radical (unpaired) electrons. The van der Waals surface area contributed by atoms with Crippen LogP contribution in [0.4, 0.5) is 0 Å². The molecule has 0 aliphatic rings. The fourth-order valence-electron chi connectivity index (χ4n) is 1.95. The Balaban J connectivity index is 1.62. The van der Waals surface area contributed by atoms with E-state index in [2.05, 4.69) is 10.3 Å². The van der Waals surface area contributed by atoms with Crippen molar-refractivity contribution in [2.45, 2.75) is 6.10 Å². The number of amides is 1. The van der Waals surface area contributed by atoms with Crippen LogP contribution in [0.25, 0.3) is 11.5 Å². The lowest BCUT2D eigenvalue weighted by Gasteiger charge is -2.09. The van der Waals surface area contributed by atoms with Gasteiger partial charge in [0.1, 0.15) is 6.26 Å². The van der Waals surface area contributed by atoms with Gasteiger partial charge in [0.15, 0.2) is 5.69 Å². The highest BCUT2D eigenvalue weighted by Gasteiger charge is 2.15. The number of nitrogens with zero attached hydrogens (tertiary/aromatic N) is 1. The van der Waals surface area contributed by atoms with Crippen LogP contribution < -0.4 is 5.32 Å². The van der Waals surface area contributed by atoms with Gasteiger partial charge in [-0.1, -0.05) is 18.2 Å². The lowest BCUT2D eigenvalue weighted by atomic mass is 10.2. The van der Waals surface area contributed by atoms with Crippen LogP contribution >= 0.6 is 11.3 Å². The molecule has 2 aromatic heterocycles. The SMILES string of the molecule is O=C(NCC(O)c1ccsc1)c1coc(-c2ccccc2)n1. The zero-order valence-electron chi connectivity index (χ0n) is 11.6. The Bertz CT molecular complexity index is 738. The molecule has 2 heterocycles. The summed E-state index contributed by atoms with van der Waals surface area (Å²) in [6.07, 6.45) is 0.588. The average molecular weight is 314 g/mol. The molecule has 22 heavy (non-hydrogen) atoms. The molecular formula is C16H14N2O3S. The van der Waals surface area contributed by atoms with Crippen LogP contribution in [0.15, 0.2) is 57.8 Å². The number of carbonyl (C=O) groups excluding carboxylic acids is 1. The second kappa shape index (κ2) is 6.55. The second-order valence-electron chi connectivity index (χ2n) is 4.69. The minimum absolute atomic E-state index is 0.128. The van der Waals surface area contributed by atoms with Crippen molar-refractivity contribution in [2.24, 2.45) is 0 Å². The summed E-state index contributed by atoms with van der Waals surface area (Å²) in [5, 5.41) is 16.3. The van der Waals surface area contributed by atoms with Crippen molar-refractivity contribution >= 4 is 17.2 Å². The van der Waals surface area contributed by atoms with Gasteiger partial charge in [0, 0.05) is 12.1 Å². The molecule has 0 aliphatic carbocycles. The van der Waals surface area contributed by atoms with Crippen LogP contribution in [0, 0.1) is 0 Å². The zero-order valence-corrected chi connectivity index (χ0v) is 12.4. The van der Waals surface area contributed by atoms with Gasteiger partial charge in [-0.25, -0.2) is 4.98 Å². The van der Waals surface area contributed by atoms with Crippen molar-refractivity contribution in [3.05, 3.63) is 64.7 Å². The van der Waals surface area contributed by atoms with Crippen molar-refractivity contribution < 1.29 is 14.3 Å². The summed E-state index contributed by atoms with van der Waals surface area (Å²) in [6, 6.07) is 11.2. The number of carbonyl (C=O) groups is 1. The van der Waals surface area contributed by atoms with Crippen LogP contribution in [0.5, 0.6) is 0 Å². The Morgan fingerprint density at radius 2 is 2.14 bits per heavy atom. The summed E-state index contributed by atoms with van der Waals surface area (Å²) in [6.45, 7) is 0.128. The lowest BCUT2D eigenvalue weighted by molar-refractivity contribution is 0.0911. The van der Waals surface area contributed by atoms with E-state index in [1.165, 1.54) is 17.6 Å². The maximum atomic E-state index is 12.0.